The fourth-order valence-corrected chi connectivity index (χ4v) is 24.8. The molecule has 4 nitrogen and oxygen atoms in total. The van der Waals surface area contributed by atoms with E-state index in [2.05, 4.69) is 281 Å². The first-order chi connectivity index (χ1) is 41.2. The second-order valence-electron chi connectivity index (χ2n) is 25.5. The van der Waals surface area contributed by atoms with E-state index < -0.39 is 24.0 Å². The highest BCUT2D eigenvalue weighted by Gasteiger charge is 2.53. The molecule has 0 fully saturated rings. The lowest BCUT2D eigenvalue weighted by Gasteiger charge is -2.43. The van der Waals surface area contributed by atoms with Crippen LogP contribution in [0.15, 0.2) is 279 Å². The van der Waals surface area contributed by atoms with E-state index in [0.29, 0.717) is 11.5 Å². The lowest BCUT2D eigenvalue weighted by atomic mass is 10.0. The molecule has 0 saturated carbocycles. The Morgan fingerprint density at radius 2 is 0.488 bits per heavy atom. The summed E-state index contributed by atoms with van der Waals surface area (Å²) in [6.07, 6.45) is 6.17. The molecule has 0 saturated heterocycles. The van der Waals surface area contributed by atoms with Gasteiger partial charge in [-0.05, 0) is 156 Å². The second kappa shape index (κ2) is 29.2. The Morgan fingerprint density at radius 3 is 0.698 bits per heavy atom. The number of aryl methyl sites for hydroxylation is 4. The molecule has 10 aromatic rings. The van der Waals surface area contributed by atoms with Crippen LogP contribution in [0.3, 0.4) is 0 Å². The van der Waals surface area contributed by atoms with E-state index in [0.717, 1.165) is 50.0 Å². The van der Waals surface area contributed by atoms with Crippen LogP contribution in [0.4, 0.5) is 0 Å². The van der Waals surface area contributed by atoms with Crippen molar-refractivity contribution >= 4 is 66.2 Å². The fraction of sp³-hybridized carbons (Fsp3) is 0.231. The van der Waals surface area contributed by atoms with E-state index in [9.17, 15) is 0 Å². The molecule has 10 aromatic carbocycles. The first-order valence-corrected chi connectivity index (χ1v) is 37.2. The molecule has 0 amide bonds. The normalized spacial score (nSPS) is 12.0. The molecule has 0 bridgehead atoms. The number of phenolic OH excluding ortho intramolecular Hbond substituents is 2. The van der Waals surface area contributed by atoms with Crippen molar-refractivity contribution in [3.8, 4) is 23.0 Å². The first-order valence-electron chi connectivity index (χ1n) is 30.4. The van der Waals surface area contributed by atoms with Gasteiger partial charge in [-0.25, -0.2) is 0 Å². The zero-order chi connectivity index (χ0) is 61.3. The summed E-state index contributed by atoms with van der Waals surface area (Å²) in [5, 5.41) is 26.0. The highest BCUT2D eigenvalue weighted by atomic mass is 35.6. The van der Waals surface area contributed by atoms with Gasteiger partial charge in [0.05, 0.1) is 0 Å². The van der Waals surface area contributed by atoms with Gasteiger partial charge in [-0.3, -0.25) is 0 Å². The van der Waals surface area contributed by atoms with Crippen molar-refractivity contribution in [3.63, 3.8) is 0 Å². The van der Waals surface area contributed by atoms with Gasteiger partial charge < -0.3 is 19.1 Å². The number of rotatable bonds is 18. The summed E-state index contributed by atoms with van der Waals surface area (Å²) >= 11 is 7.21. The van der Waals surface area contributed by atoms with Crippen molar-refractivity contribution in [2.24, 2.45) is 0 Å². The summed E-state index contributed by atoms with van der Waals surface area (Å²) in [6.45, 7) is 20.7. The maximum atomic E-state index is 9.16. The molecule has 10 rings (SSSR count). The minimum Gasteiger partial charge on any atom is -0.534 e. The van der Waals surface area contributed by atoms with Crippen molar-refractivity contribution in [1.82, 2.24) is 0 Å². The first kappa shape index (κ1) is 64.3. The lowest BCUT2D eigenvalue weighted by molar-refractivity contribution is 0.474. The van der Waals surface area contributed by atoms with Crippen LogP contribution in [-0.2, 0) is 25.7 Å². The third-order valence-electron chi connectivity index (χ3n) is 16.3. The molecule has 0 heterocycles. The number of aromatic hydroxyl groups is 2. The molecule has 0 atom stereocenters. The monoisotopic (exact) mass is 1210 g/mol. The summed E-state index contributed by atoms with van der Waals surface area (Å²) in [6, 6.07) is 96.8. The molecule has 0 aromatic heterocycles. The average molecular weight is 1210 g/mol. The average Bonchev–Trinajstić information content (AvgIpc) is 0.999. The largest absolute Gasteiger partial charge is 0.534 e. The van der Waals surface area contributed by atoms with Crippen molar-refractivity contribution in [1.29, 1.82) is 0 Å². The van der Waals surface area contributed by atoms with Gasteiger partial charge in [-0.15, -0.1) is 0 Å². The molecular formula is C78H87ClO4Si3. The van der Waals surface area contributed by atoms with Crippen LogP contribution < -0.4 is 40.0 Å². The van der Waals surface area contributed by atoms with E-state index >= 15 is 0 Å². The van der Waals surface area contributed by atoms with Crippen LogP contribution in [0, 0.1) is 0 Å². The van der Waals surface area contributed by atoms with Crippen LogP contribution in [0.1, 0.15) is 97.4 Å². The predicted octanol–water partition coefficient (Wildman–Crippen LogP) is 16.8. The van der Waals surface area contributed by atoms with Gasteiger partial charge in [0.15, 0.2) is 0 Å². The molecular weight excluding hydrogens is 1120 g/mol. The predicted molar refractivity (Wildman–Crippen MR) is 373 cm³/mol. The number of benzene rings is 10. The third kappa shape index (κ3) is 15.9. The molecule has 8 heteroatoms. The number of hydrogen-bond donors (Lipinski definition) is 2. The highest BCUT2D eigenvalue weighted by Crippen LogP contribution is 2.40. The van der Waals surface area contributed by atoms with Crippen LogP contribution in [0.2, 0.25) is 15.1 Å². The standard InChI is InChI=1S/C47H52O2Si2.C16H19ClSi.C15H16O2/c1-46(2,3)50(42-22-11-7-12-23-42,43-24-13-8-14-25-43)48-40-34-30-38(31-35-40)20-19-21-39-32-36-41(37-33-39)49-51(47(4,5)6,44-26-15-9-16-27-44)45-28-17-10-18-29-45;1-16(2,3)18(17,14-10-6-4-7-11-14)15-12-8-5-9-13-15;16-14-8-4-12(5-9-14)2-1-3-13-6-10-15(17)11-7-13/h7-18,22-37H,19-21H2,1-6H3;4-13H,1-3H3;4-11,16-17H,1-3H2. The molecule has 0 spiro atoms. The van der Waals surface area contributed by atoms with E-state index in [1.165, 1.54) is 53.4 Å². The molecule has 0 aliphatic rings. The van der Waals surface area contributed by atoms with Crippen molar-refractivity contribution in [3.05, 3.63) is 301 Å². The van der Waals surface area contributed by atoms with E-state index in [1.807, 2.05) is 36.4 Å². The summed E-state index contributed by atoms with van der Waals surface area (Å²) in [4.78, 5) is 0. The molecule has 0 radical (unpaired) electrons. The zero-order valence-corrected chi connectivity index (χ0v) is 55.6. The Morgan fingerprint density at radius 1 is 0.279 bits per heavy atom. The summed E-state index contributed by atoms with van der Waals surface area (Å²) < 4.78 is 14.4. The quantitative estimate of drug-likeness (QED) is 0.0664. The molecule has 442 valence electrons. The highest BCUT2D eigenvalue weighted by molar-refractivity contribution is 7.35. The van der Waals surface area contributed by atoms with Crippen molar-refractivity contribution in [2.45, 2.75) is 116 Å². The van der Waals surface area contributed by atoms with Gasteiger partial charge in [-0.2, -0.15) is 11.1 Å². The third-order valence-corrected chi connectivity index (χ3v) is 33.6. The zero-order valence-electron chi connectivity index (χ0n) is 51.9. The van der Waals surface area contributed by atoms with Gasteiger partial charge >= 0.3 is 16.6 Å². The molecule has 86 heavy (non-hydrogen) atoms. The Bertz CT molecular complexity index is 3260. The number of phenols is 2. The SMILES string of the molecule is CC(C)(C)[Si](Cl)(c1ccccc1)c1ccccc1.CC(C)(C)[Si](Oc1ccc(CCCc2ccc(O[Si](c3ccccc3)(c3ccccc3)C(C)(C)C)cc2)cc1)(c1ccccc1)c1ccccc1.Oc1ccc(CCCc2ccc(O)cc2)cc1. The van der Waals surface area contributed by atoms with Crippen LogP contribution in [0.5, 0.6) is 23.0 Å². The molecule has 0 unspecified atom stereocenters. The van der Waals surface area contributed by atoms with E-state index in [4.69, 9.17) is 30.1 Å². The Labute approximate surface area is 522 Å². The minimum absolute atomic E-state index is 0.0667. The Kier molecular flexibility index (Phi) is 21.8. The van der Waals surface area contributed by atoms with Crippen LogP contribution in [0.25, 0.3) is 0 Å². The summed E-state index contributed by atoms with van der Waals surface area (Å²) in [7, 11) is -7.54. The van der Waals surface area contributed by atoms with Gasteiger partial charge in [0, 0.05) is 0 Å². The maximum absolute atomic E-state index is 9.16. The molecule has 0 aliphatic heterocycles. The van der Waals surface area contributed by atoms with Gasteiger partial charge in [0.2, 0.25) is 7.38 Å². The van der Waals surface area contributed by atoms with Crippen LogP contribution in [-0.4, -0.2) is 34.2 Å². The maximum Gasteiger partial charge on any atom is 0.319 e. The fourth-order valence-electron chi connectivity index (χ4n) is 11.8. The summed E-state index contributed by atoms with van der Waals surface area (Å²) in [5.41, 5.74) is 5.14. The smallest absolute Gasteiger partial charge is 0.319 e. The van der Waals surface area contributed by atoms with Gasteiger partial charge in [-0.1, -0.05) is 293 Å². The Hall–Kier alpha value is -7.66. The molecule has 2 N–H and O–H groups in total. The van der Waals surface area contributed by atoms with Crippen molar-refractivity contribution < 1.29 is 19.1 Å². The Balaban J connectivity index is 0.000000221. The van der Waals surface area contributed by atoms with Gasteiger partial charge in [0.1, 0.15) is 23.0 Å². The van der Waals surface area contributed by atoms with Crippen molar-refractivity contribution in [2.75, 3.05) is 0 Å². The topological polar surface area (TPSA) is 58.9 Å². The van der Waals surface area contributed by atoms with E-state index in [-0.39, 0.29) is 15.1 Å². The number of halogens is 1. The number of hydrogen-bond acceptors (Lipinski definition) is 4. The van der Waals surface area contributed by atoms with Gasteiger partial charge in [0.25, 0.3) is 0 Å². The summed E-state index contributed by atoms with van der Waals surface area (Å²) in [5.74, 6) is 2.49. The molecule has 0 aliphatic carbocycles. The minimum atomic E-state index is -2.65. The lowest BCUT2D eigenvalue weighted by Crippen LogP contribution is -2.68. The van der Waals surface area contributed by atoms with Crippen LogP contribution >= 0.6 is 11.1 Å². The second-order valence-corrected chi connectivity index (χ2v) is 39.6. The van der Waals surface area contributed by atoms with E-state index in [1.54, 1.807) is 24.3 Å².